The van der Waals surface area contributed by atoms with Crippen LogP contribution in [0, 0.1) is 0 Å². The highest BCUT2D eigenvalue weighted by atomic mass is 35.5. The van der Waals surface area contributed by atoms with E-state index < -0.39 is 17.7 Å². The normalized spacial score (nSPS) is 17.9. The average Bonchev–Trinajstić information content (AvgIpc) is 3.06. The van der Waals surface area contributed by atoms with Crippen molar-refractivity contribution in [2.75, 3.05) is 32.8 Å². The van der Waals surface area contributed by atoms with Crippen molar-refractivity contribution in [1.29, 1.82) is 0 Å². The minimum absolute atomic E-state index is 0.0426. The molecule has 7 nitrogen and oxygen atoms in total. The zero-order valence-electron chi connectivity index (χ0n) is 18.5. The Balaban J connectivity index is 2.07. The quantitative estimate of drug-likeness (QED) is 0.349. The summed E-state index contributed by atoms with van der Waals surface area (Å²) in [6.45, 7) is 9.05. The van der Waals surface area contributed by atoms with Crippen LogP contribution in [0.25, 0.3) is 5.76 Å². The van der Waals surface area contributed by atoms with Crippen LogP contribution < -0.4 is 4.74 Å². The van der Waals surface area contributed by atoms with Crippen LogP contribution in [0.1, 0.15) is 37.9 Å². The van der Waals surface area contributed by atoms with E-state index in [0.717, 1.165) is 13.1 Å². The highest BCUT2D eigenvalue weighted by Crippen LogP contribution is 2.40. The van der Waals surface area contributed by atoms with Crippen molar-refractivity contribution in [3.05, 3.63) is 64.4 Å². The number of carbonyl (C=O) groups is 2. The molecule has 0 aliphatic carbocycles. The van der Waals surface area contributed by atoms with Crippen LogP contribution >= 0.6 is 11.6 Å². The molecule has 1 unspecified atom stereocenters. The van der Waals surface area contributed by atoms with Gasteiger partial charge in [-0.2, -0.15) is 0 Å². The number of aliphatic hydroxyl groups is 1. The molecule has 2 heterocycles. The summed E-state index contributed by atoms with van der Waals surface area (Å²) in [6.07, 6.45) is 3.21. The monoisotopic (exact) mass is 457 g/mol. The zero-order valence-corrected chi connectivity index (χ0v) is 19.3. The molecule has 0 spiro atoms. The minimum Gasteiger partial charge on any atom is -0.507 e. The number of likely N-dealkylation sites (N-methyl/N-ethyl adjacent to an activating group) is 1. The van der Waals surface area contributed by atoms with Crippen LogP contribution in [0.4, 0.5) is 0 Å². The number of rotatable bonds is 9. The van der Waals surface area contributed by atoms with Gasteiger partial charge in [-0.3, -0.25) is 14.6 Å². The second-order valence-corrected chi connectivity index (χ2v) is 7.79. The van der Waals surface area contributed by atoms with Crippen molar-refractivity contribution in [3.8, 4) is 5.75 Å². The molecule has 3 rings (SSSR count). The molecule has 170 valence electrons. The maximum absolute atomic E-state index is 13.1. The van der Waals surface area contributed by atoms with Gasteiger partial charge in [0.2, 0.25) is 0 Å². The van der Waals surface area contributed by atoms with Crippen molar-refractivity contribution < 1.29 is 19.4 Å². The molecule has 1 fully saturated rings. The van der Waals surface area contributed by atoms with Gasteiger partial charge in [-0.05, 0) is 55.9 Å². The first-order valence-corrected chi connectivity index (χ1v) is 11.1. The molecule has 1 amide bonds. The van der Waals surface area contributed by atoms with Crippen LogP contribution in [0.5, 0.6) is 5.75 Å². The van der Waals surface area contributed by atoms with Crippen molar-refractivity contribution in [3.63, 3.8) is 0 Å². The number of hydrogen-bond donors (Lipinski definition) is 1. The summed E-state index contributed by atoms with van der Waals surface area (Å²) in [6, 6.07) is 7.59. The maximum Gasteiger partial charge on any atom is 0.295 e. The van der Waals surface area contributed by atoms with Crippen LogP contribution in [0.3, 0.4) is 0 Å². The number of hydrogen-bond acceptors (Lipinski definition) is 6. The number of benzene rings is 1. The van der Waals surface area contributed by atoms with Gasteiger partial charge in [0.15, 0.2) is 0 Å². The van der Waals surface area contributed by atoms with Crippen molar-refractivity contribution in [1.82, 2.24) is 14.8 Å². The topological polar surface area (TPSA) is 83.0 Å². The van der Waals surface area contributed by atoms with Gasteiger partial charge in [-0.15, -0.1) is 0 Å². The van der Waals surface area contributed by atoms with Gasteiger partial charge in [0.05, 0.1) is 23.2 Å². The number of ketones is 1. The van der Waals surface area contributed by atoms with Crippen molar-refractivity contribution >= 4 is 29.1 Å². The Morgan fingerprint density at radius 3 is 2.44 bits per heavy atom. The number of aromatic nitrogens is 1. The summed E-state index contributed by atoms with van der Waals surface area (Å²) < 4.78 is 5.45. The number of Topliss-reactive ketones (excluding diaryl/α,β-unsaturated/α-hetero) is 1. The third-order valence-corrected chi connectivity index (χ3v) is 5.91. The summed E-state index contributed by atoms with van der Waals surface area (Å²) in [7, 11) is 0. The SMILES string of the molecule is CCOc1ccc(/C(O)=C2/C(=O)C(=O)N(CCN(CC)CC)C2c2ccncc2)cc1Cl. The molecule has 2 aromatic rings. The first-order valence-electron chi connectivity index (χ1n) is 10.8. The van der Waals surface area contributed by atoms with E-state index in [-0.39, 0.29) is 11.3 Å². The number of likely N-dealkylation sites (tertiary alicyclic amines) is 1. The Hall–Kier alpha value is -2.90. The van der Waals surface area contributed by atoms with E-state index in [9.17, 15) is 14.7 Å². The number of halogens is 1. The fraction of sp³-hybridized carbons (Fsp3) is 0.375. The van der Waals surface area contributed by atoms with Gasteiger partial charge in [-0.1, -0.05) is 25.4 Å². The van der Waals surface area contributed by atoms with E-state index >= 15 is 0 Å². The molecule has 0 bridgehead atoms. The number of ether oxygens (including phenoxy) is 1. The van der Waals surface area contributed by atoms with Gasteiger partial charge in [0, 0.05) is 31.0 Å². The molecule has 32 heavy (non-hydrogen) atoms. The Bertz CT molecular complexity index is 1010. The lowest BCUT2D eigenvalue weighted by Crippen LogP contribution is -2.38. The summed E-state index contributed by atoms with van der Waals surface area (Å²) in [5, 5.41) is 11.4. The van der Waals surface area contributed by atoms with Crippen LogP contribution in [-0.4, -0.2) is 64.4 Å². The van der Waals surface area contributed by atoms with E-state index in [0.29, 0.717) is 41.6 Å². The first-order chi connectivity index (χ1) is 15.4. The Morgan fingerprint density at radius 1 is 1.16 bits per heavy atom. The lowest BCUT2D eigenvalue weighted by atomic mass is 9.96. The smallest absolute Gasteiger partial charge is 0.295 e. The fourth-order valence-electron chi connectivity index (χ4n) is 3.87. The number of nitrogens with zero attached hydrogens (tertiary/aromatic N) is 3. The molecule has 1 aliphatic rings. The molecular weight excluding hydrogens is 430 g/mol. The van der Waals surface area contributed by atoms with Gasteiger partial charge in [0.1, 0.15) is 11.5 Å². The van der Waals surface area contributed by atoms with Crippen LogP contribution in [0.15, 0.2) is 48.3 Å². The highest BCUT2D eigenvalue weighted by Gasteiger charge is 2.46. The molecule has 1 atom stereocenters. The summed E-state index contributed by atoms with van der Waals surface area (Å²) in [5.41, 5.74) is 1.09. The largest absolute Gasteiger partial charge is 0.507 e. The number of carbonyl (C=O) groups excluding carboxylic acids is 2. The molecule has 1 saturated heterocycles. The molecule has 1 aliphatic heterocycles. The molecule has 0 radical (unpaired) electrons. The molecule has 1 aromatic heterocycles. The molecule has 1 N–H and O–H groups in total. The Labute approximate surface area is 193 Å². The summed E-state index contributed by atoms with van der Waals surface area (Å²) >= 11 is 6.29. The summed E-state index contributed by atoms with van der Waals surface area (Å²) in [5.74, 6) is -1.12. The second kappa shape index (κ2) is 10.6. The second-order valence-electron chi connectivity index (χ2n) is 7.38. The molecule has 0 saturated carbocycles. The predicted octanol–water partition coefficient (Wildman–Crippen LogP) is 3.90. The maximum atomic E-state index is 13.1. The number of pyridine rings is 1. The zero-order chi connectivity index (χ0) is 23.3. The summed E-state index contributed by atoms with van der Waals surface area (Å²) in [4.78, 5) is 33.8. The first kappa shape index (κ1) is 23.8. The van der Waals surface area contributed by atoms with Gasteiger partial charge < -0.3 is 19.6 Å². The van der Waals surface area contributed by atoms with Crippen molar-refractivity contribution in [2.45, 2.75) is 26.8 Å². The average molecular weight is 458 g/mol. The number of amides is 1. The highest BCUT2D eigenvalue weighted by molar-refractivity contribution is 6.46. The lowest BCUT2D eigenvalue weighted by Gasteiger charge is -2.28. The lowest BCUT2D eigenvalue weighted by molar-refractivity contribution is -0.140. The molecular formula is C24H28ClN3O4. The van der Waals surface area contributed by atoms with Crippen molar-refractivity contribution in [2.24, 2.45) is 0 Å². The van der Waals surface area contributed by atoms with E-state index in [1.807, 2.05) is 20.8 Å². The van der Waals surface area contributed by atoms with Crippen LogP contribution in [-0.2, 0) is 9.59 Å². The number of aliphatic hydroxyl groups excluding tert-OH is 1. The molecule has 1 aromatic carbocycles. The Kier molecular flexibility index (Phi) is 7.88. The predicted molar refractivity (Wildman–Crippen MR) is 124 cm³/mol. The third-order valence-electron chi connectivity index (χ3n) is 5.62. The van der Waals surface area contributed by atoms with Gasteiger partial charge >= 0.3 is 0 Å². The van der Waals surface area contributed by atoms with E-state index in [1.165, 1.54) is 11.0 Å². The van der Waals surface area contributed by atoms with E-state index in [4.69, 9.17) is 16.3 Å². The van der Waals surface area contributed by atoms with E-state index in [2.05, 4.69) is 9.88 Å². The van der Waals surface area contributed by atoms with Crippen LogP contribution in [0.2, 0.25) is 5.02 Å². The Morgan fingerprint density at radius 2 is 1.84 bits per heavy atom. The standard InChI is InChI=1S/C24H28ClN3O4/c1-4-27(5-2)13-14-28-21(16-9-11-26-12-10-16)20(23(30)24(28)31)22(29)17-7-8-19(32-6-3)18(25)15-17/h7-12,15,21,29H,4-6,13-14H2,1-3H3/b22-20-. The fourth-order valence-corrected chi connectivity index (χ4v) is 4.10. The third kappa shape index (κ3) is 4.79. The minimum atomic E-state index is -0.714. The van der Waals surface area contributed by atoms with E-state index in [1.54, 1.807) is 36.7 Å². The van der Waals surface area contributed by atoms with Gasteiger partial charge in [0.25, 0.3) is 11.7 Å². The molecule has 8 heteroatoms. The van der Waals surface area contributed by atoms with Gasteiger partial charge in [-0.25, -0.2) is 0 Å².